The number of aliphatic hydroxyl groups excluding tert-OH is 1. The van der Waals surface area contributed by atoms with Gasteiger partial charge >= 0.3 is 0 Å². The third-order valence-electron chi connectivity index (χ3n) is 7.18. The quantitative estimate of drug-likeness (QED) is 0.309. The summed E-state index contributed by atoms with van der Waals surface area (Å²) in [6, 6.07) is 3.15. The summed E-state index contributed by atoms with van der Waals surface area (Å²) in [7, 11) is 0. The van der Waals surface area contributed by atoms with Crippen molar-refractivity contribution in [2.24, 2.45) is 17.1 Å². The third-order valence-corrected chi connectivity index (χ3v) is 8.14. The highest BCUT2D eigenvalue weighted by Gasteiger charge is 2.48. The highest BCUT2D eigenvalue weighted by molar-refractivity contribution is 7.09. The number of amides is 2. The van der Waals surface area contributed by atoms with Crippen molar-refractivity contribution < 1.29 is 23.5 Å². The van der Waals surface area contributed by atoms with E-state index in [1.165, 1.54) is 23.5 Å². The molecule has 0 fully saturated rings. The van der Waals surface area contributed by atoms with Gasteiger partial charge in [0.25, 0.3) is 0 Å². The van der Waals surface area contributed by atoms with E-state index in [2.05, 4.69) is 10.3 Å². The largest absolute Gasteiger partial charge is 0.391 e. The van der Waals surface area contributed by atoms with E-state index in [-0.39, 0.29) is 30.9 Å². The van der Waals surface area contributed by atoms with Crippen LogP contribution in [0.4, 0.5) is 8.78 Å². The second kappa shape index (κ2) is 14.1. The van der Waals surface area contributed by atoms with Crippen LogP contribution >= 0.6 is 11.3 Å². The number of hydrogen-bond donors (Lipinski definition) is 3. The van der Waals surface area contributed by atoms with Crippen molar-refractivity contribution in [3.8, 4) is 0 Å². The van der Waals surface area contributed by atoms with Crippen molar-refractivity contribution in [1.82, 2.24) is 15.2 Å². The number of rotatable bonds is 14. The van der Waals surface area contributed by atoms with Crippen molar-refractivity contribution in [1.29, 1.82) is 0 Å². The van der Waals surface area contributed by atoms with E-state index < -0.39 is 35.0 Å². The number of nitrogens with zero attached hydrogens (tertiary/aromatic N) is 2. The summed E-state index contributed by atoms with van der Waals surface area (Å²) in [6.07, 6.45) is 3.83. The molecule has 40 heavy (non-hydrogen) atoms. The van der Waals surface area contributed by atoms with E-state index in [1.807, 2.05) is 26.2 Å². The minimum Gasteiger partial charge on any atom is -0.391 e. The van der Waals surface area contributed by atoms with Gasteiger partial charge in [0.05, 0.1) is 11.5 Å². The molecule has 0 saturated carbocycles. The fourth-order valence-corrected chi connectivity index (χ4v) is 6.25. The first-order chi connectivity index (χ1) is 19.0. The highest BCUT2D eigenvalue weighted by Crippen LogP contribution is 2.44. The van der Waals surface area contributed by atoms with Gasteiger partial charge in [0.1, 0.15) is 16.6 Å². The van der Waals surface area contributed by atoms with Gasteiger partial charge in [-0.1, -0.05) is 31.6 Å². The average Bonchev–Trinajstić information content (AvgIpc) is 3.30. The molecule has 0 aliphatic heterocycles. The fraction of sp³-hybridized carbons (Fsp3) is 0.500. The van der Waals surface area contributed by atoms with E-state index in [9.17, 15) is 23.5 Å². The molecule has 2 amide bonds. The predicted octanol–water partition coefficient (Wildman–Crippen LogP) is 4.44. The Labute approximate surface area is 239 Å². The lowest BCUT2D eigenvalue weighted by Gasteiger charge is -2.42. The van der Waals surface area contributed by atoms with Crippen LogP contribution in [0.15, 0.2) is 46.9 Å². The summed E-state index contributed by atoms with van der Waals surface area (Å²) in [5.74, 6) is -3.28. The summed E-state index contributed by atoms with van der Waals surface area (Å²) < 4.78 is 28.3. The zero-order chi connectivity index (χ0) is 29.4. The maximum atomic E-state index is 14.1. The number of nitrogens with one attached hydrogen (secondary N) is 1. The second-order valence-corrected chi connectivity index (χ2v) is 11.5. The van der Waals surface area contributed by atoms with Crippen LogP contribution in [0.5, 0.6) is 0 Å². The summed E-state index contributed by atoms with van der Waals surface area (Å²) in [6.45, 7) is 9.30. The Hall–Kier alpha value is -2.95. The standard InChI is InChI=1S/C30H40F2N4O3S/c1-5-7-36(8-6-2)28(38)22-9-19(3)14-30(15-22,29(33)39)25(12-21-10-23(31)13-24(32)11-21)26(37)16-34-17-27-35-20(4)18-40-27/h9-11,13-14,18,25-26,34,37H,5-8,12,15-17H2,1-4H3,(H2,33,39)/t25-,26+,30?/m1/s1. The molecule has 2 aromatic rings. The number of allylic oxidation sites excluding steroid dienone is 2. The maximum absolute atomic E-state index is 14.1. The smallest absolute Gasteiger partial charge is 0.249 e. The number of aliphatic hydroxyl groups is 1. The van der Waals surface area contributed by atoms with Gasteiger partial charge in [-0.25, -0.2) is 13.8 Å². The maximum Gasteiger partial charge on any atom is 0.249 e. The van der Waals surface area contributed by atoms with Crippen LogP contribution in [0.1, 0.15) is 56.3 Å². The number of benzene rings is 1. The van der Waals surface area contributed by atoms with Crippen LogP contribution in [0.3, 0.4) is 0 Å². The lowest BCUT2D eigenvalue weighted by molar-refractivity contribution is -0.132. The van der Waals surface area contributed by atoms with Crippen LogP contribution in [-0.2, 0) is 22.6 Å². The molecule has 3 rings (SSSR count). The second-order valence-electron chi connectivity index (χ2n) is 10.6. The van der Waals surface area contributed by atoms with E-state index >= 15 is 0 Å². The van der Waals surface area contributed by atoms with E-state index in [0.717, 1.165) is 29.6 Å². The lowest BCUT2D eigenvalue weighted by atomic mass is 9.63. The molecule has 4 N–H and O–H groups in total. The number of carbonyl (C=O) groups is 2. The molecule has 0 bridgehead atoms. The molecule has 218 valence electrons. The van der Waals surface area contributed by atoms with Crippen LogP contribution in [0.25, 0.3) is 0 Å². The van der Waals surface area contributed by atoms with Crippen molar-refractivity contribution in [2.75, 3.05) is 19.6 Å². The normalized spacial score (nSPS) is 18.6. The summed E-state index contributed by atoms with van der Waals surface area (Å²) >= 11 is 1.49. The third kappa shape index (κ3) is 7.83. The number of halogens is 2. The first-order valence-electron chi connectivity index (χ1n) is 13.7. The van der Waals surface area contributed by atoms with Crippen LogP contribution in [0, 0.1) is 29.9 Å². The van der Waals surface area contributed by atoms with E-state index in [0.29, 0.717) is 30.8 Å². The SMILES string of the molecule is CCCN(CCC)C(=O)C1=CC(C)=CC(C(N)=O)([C@H](Cc2cc(F)cc(F)c2)[C@@H](O)CNCc2nc(C)cs2)C1. The Balaban J connectivity index is 1.98. The molecule has 7 nitrogen and oxygen atoms in total. The molecule has 1 aliphatic rings. The van der Waals surface area contributed by atoms with Gasteiger partial charge in [0.15, 0.2) is 0 Å². The van der Waals surface area contributed by atoms with E-state index in [1.54, 1.807) is 24.0 Å². The first kappa shape index (κ1) is 31.6. The number of primary amides is 1. The zero-order valence-corrected chi connectivity index (χ0v) is 24.5. The van der Waals surface area contributed by atoms with E-state index in [4.69, 9.17) is 5.73 Å². The molecule has 0 spiro atoms. The summed E-state index contributed by atoms with van der Waals surface area (Å²) in [5, 5.41) is 17.5. The number of thiazole rings is 1. The van der Waals surface area contributed by atoms with Gasteiger partial charge in [0.2, 0.25) is 11.8 Å². The van der Waals surface area contributed by atoms with Gasteiger partial charge in [0, 0.05) is 54.8 Å². The van der Waals surface area contributed by atoms with Crippen molar-refractivity contribution in [3.05, 3.63) is 74.8 Å². The zero-order valence-electron chi connectivity index (χ0n) is 23.7. The molecule has 3 atom stereocenters. The topological polar surface area (TPSA) is 109 Å². The van der Waals surface area contributed by atoms with Gasteiger partial charge in [-0.15, -0.1) is 11.3 Å². The van der Waals surface area contributed by atoms with Gasteiger partial charge < -0.3 is 21.1 Å². The molecule has 1 aromatic heterocycles. The van der Waals surface area contributed by atoms with Crippen molar-refractivity contribution >= 4 is 23.2 Å². The number of hydrogen-bond acceptors (Lipinski definition) is 6. The lowest BCUT2D eigenvalue weighted by Crippen LogP contribution is -2.51. The van der Waals surface area contributed by atoms with Crippen LogP contribution < -0.4 is 11.1 Å². The Kier molecular flexibility index (Phi) is 11.1. The fourth-order valence-electron chi connectivity index (χ4n) is 5.51. The number of aromatic nitrogens is 1. The van der Waals surface area contributed by atoms with Gasteiger partial charge in [-0.05, 0) is 57.2 Å². The van der Waals surface area contributed by atoms with Crippen molar-refractivity contribution in [2.45, 2.75) is 66.0 Å². The first-order valence-corrected chi connectivity index (χ1v) is 14.6. The molecule has 0 saturated heterocycles. The van der Waals surface area contributed by atoms with Gasteiger partial charge in [-0.2, -0.15) is 0 Å². The monoisotopic (exact) mass is 574 g/mol. The molecule has 1 aliphatic carbocycles. The molecule has 1 aromatic carbocycles. The van der Waals surface area contributed by atoms with Crippen LogP contribution in [-0.4, -0.2) is 52.5 Å². The molecule has 1 heterocycles. The van der Waals surface area contributed by atoms with Gasteiger partial charge in [-0.3, -0.25) is 9.59 Å². The Morgan fingerprint density at radius 2 is 1.82 bits per heavy atom. The molecule has 10 heteroatoms. The number of carbonyl (C=O) groups excluding carboxylic acids is 2. The highest BCUT2D eigenvalue weighted by atomic mass is 32.1. The Bertz CT molecular complexity index is 1240. The summed E-state index contributed by atoms with van der Waals surface area (Å²) in [4.78, 5) is 33.1. The summed E-state index contributed by atoms with van der Waals surface area (Å²) in [5.41, 5.74) is 6.87. The van der Waals surface area contributed by atoms with Crippen molar-refractivity contribution in [3.63, 3.8) is 0 Å². The Morgan fingerprint density at radius 3 is 2.38 bits per heavy atom. The predicted molar refractivity (Wildman–Crippen MR) is 153 cm³/mol. The van der Waals surface area contributed by atoms with Crippen LogP contribution in [0.2, 0.25) is 0 Å². The molecular formula is C30H40F2N4O3S. The minimum absolute atomic E-state index is 0.0202. The minimum atomic E-state index is -1.46. The Morgan fingerprint density at radius 1 is 1.18 bits per heavy atom. The molecule has 0 radical (unpaired) electrons. The molecular weight excluding hydrogens is 534 g/mol. The number of nitrogens with two attached hydrogens (primary N) is 1. The molecule has 1 unspecified atom stereocenters. The average molecular weight is 575 g/mol. The number of aryl methyl sites for hydroxylation is 1.